The zero-order valence-corrected chi connectivity index (χ0v) is 9.58. The van der Waals surface area contributed by atoms with Crippen molar-refractivity contribution >= 4 is 22.2 Å². The number of nitrogens with one attached hydrogen (secondary N) is 1. The molecule has 0 radical (unpaired) electrons. The number of aryl methyl sites for hydroxylation is 1. The standard InChI is InChI=1S/C11H10N4S/c1-7-9-6-12-14-10(11(9)15-13-7)5-8-3-2-4-16-8/h2-4,6H,5H2,1H3,(H,13,15). The van der Waals surface area contributed by atoms with Crippen LogP contribution >= 0.6 is 11.3 Å². The maximum absolute atomic E-state index is 4.18. The second-order valence-electron chi connectivity index (χ2n) is 3.65. The highest BCUT2D eigenvalue weighted by molar-refractivity contribution is 7.09. The molecule has 4 nitrogen and oxygen atoms in total. The van der Waals surface area contributed by atoms with Gasteiger partial charge in [-0.2, -0.15) is 15.3 Å². The van der Waals surface area contributed by atoms with E-state index in [0.717, 1.165) is 28.7 Å². The van der Waals surface area contributed by atoms with Gasteiger partial charge in [0, 0.05) is 16.7 Å². The lowest BCUT2D eigenvalue weighted by Crippen LogP contribution is -1.94. The molecule has 16 heavy (non-hydrogen) atoms. The third-order valence-electron chi connectivity index (χ3n) is 2.57. The smallest absolute Gasteiger partial charge is 0.0939 e. The first-order valence-corrected chi connectivity index (χ1v) is 5.90. The first-order valence-electron chi connectivity index (χ1n) is 5.02. The number of hydrogen-bond acceptors (Lipinski definition) is 4. The predicted molar refractivity (Wildman–Crippen MR) is 63.5 cm³/mol. The monoisotopic (exact) mass is 230 g/mol. The average Bonchev–Trinajstić information content (AvgIpc) is 2.90. The number of aromatic nitrogens is 4. The van der Waals surface area contributed by atoms with Gasteiger partial charge in [0.1, 0.15) is 0 Å². The highest BCUT2D eigenvalue weighted by atomic mass is 32.1. The zero-order valence-electron chi connectivity index (χ0n) is 8.77. The van der Waals surface area contributed by atoms with E-state index in [9.17, 15) is 0 Å². The fourth-order valence-corrected chi connectivity index (χ4v) is 2.44. The van der Waals surface area contributed by atoms with Gasteiger partial charge in [-0.1, -0.05) is 6.07 Å². The van der Waals surface area contributed by atoms with Crippen molar-refractivity contribution in [3.05, 3.63) is 40.0 Å². The first kappa shape index (κ1) is 9.47. The van der Waals surface area contributed by atoms with Crippen LogP contribution in [0.4, 0.5) is 0 Å². The summed E-state index contributed by atoms with van der Waals surface area (Å²) in [6.45, 7) is 1.97. The van der Waals surface area contributed by atoms with Gasteiger partial charge in [0.2, 0.25) is 0 Å². The largest absolute Gasteiger partial charge is 0.276 e. The lowest BCUT2D eigenvalue weighted by molar-refractivity contribution is 0.956. The highest BCUT2D eigenvalue weighted by Crippen LogP contribution is 2.20. The molecule has 0 aliphatic rings. The molecule has 0 atom stereocenters. The van der Waals surface area contributed by atoms with E-state index in [2.05, 4.69) is 31.8 Å². The van der Waals surface area contributed by atoms with Gasteiger partial charge in [-0.05, 0) is 18.4 Å². The Bertz CT molecular complexity index is 612. The molecule has 0 saturated heterocycles. The van der Waals surface area contributed by atoms with Gasteiger partial charge in [-0.15, -0.1) is 11.3 Å². The maximum Gasteiger partial charge on any atom is 0.0939 e. The van der Waals surface area contributed by atoms with Gasteiger partial charge in [0.05, 0.1) is 23.1 Å². The summed E-state index contributed by atoms with van der Waals surface area (Å²) in [5.74, 6) is 0. The van der Waals surface area contributed by atoms with E-state index in [0.29, 0.717) is 0 Å². The van der Waals surface area contributed by atoms with Gasteiger partial charge in [-0.3, -0.25) is 5.10 Å². The lowest BCUT2D eigenvalue weighted by atomic mass is 10.2. The van der Waals surface area contributed by atoms with Crippen LogP contribution in [0.5, 0.6) is 0 Å². The minimum Gasteiger partial charge on any atom is -0.276 e. The maximum atomic E-state index is 4.18. The molecule has 3 aromatic rings. The molecule has 0 unspecified atom stereocenters. The molecule has 0 aliphatic carbocycles. The van der Waals surface area contributed by atoms with Crippen LogP contribution in [-0.4, -0.2) is 20.4 Å². The van der Waals surface area contributed by atoms with Crippen LogP contribution in [0, 0.1) is 6.92 Å². The Morgan fingerprint density at radius 3 is 3.19 bits per heavy atom. The van der Waals surface area contributed by atoms with E-state index in [4.69, 9.17) is 0 Å². The molecular formula is C11H10N4S. The summed E-state index contributed by atoms with van der Waals surface area (Å²) in [7, 11) is 0. The van der Waals surface area contributed by atoms with E-state index in [1.54, 1.807) is 17.5 Å². The molecule has 0 aliphatic heterocycles. The van der Waals surface area contributed by atoms with Gasteiger partial charge in [0.15, 0.2) is 0 Å². The summed E-state index contributed by atoms with van der Waals surface area (Å²) in [5.41, 5.74) is 2.93. The van der Waals surface area contributed by atoms with Gasteiger partial charge in [0.25, 0.3) is 0 Å². The summed E-state index contributed by atoms with van der Waals surface area (Å²) in [4.78, 5) is 1.29. The minimum atomic E-state index is 0.809. The number of fused-ring (bicyclic) bond motifs is 1. The topological polar surface area (TPSA) is 54.5 Å². The van der Waals surface area contributed by atoms with E-state index in [1.807, 2.05) is 13.0 Å². The Morgan fingerprint density at radius 1 is 1.44 bits per heavy atom. The van der Waals surface area contributed by atoms with Crippen molar-refractivity contribution < 1.29 is 0 Å². The predicted octanol–water partition coefficient (Wildman–Crippen LogP) is 2.31. The van der Waals surface area contributed by atoms with Crippen LogP contribution in [0.15, 0.2) is 23.7 Å². The highest BCUT2D eigenvalue weighted by Gasteiger charge is 2.09. The van der Waals surface area contributed by atoms with E-state index < -0.39 is 0 Å². The second-order valence-corrected chi connectivity index (χ2v) is 4.68. The zero-order chi connectivity index (χ0) is 11.0. The van der Waals surface area contributed by atoms with Crippen molar-refractivity contribution in [3.8, 4) is 0 Å². The van der Waals surface area contributed by atoms with Gasteiger partial charge >= 0.3 is 0 Å². The Kier molecular flexibility index (Phi) is 2.18. The van der Waals surface area contributed by atoms with E-state index in [-0.39, 0.29) is 0 Å². The molecule has 0 saturated carbocycles. The fraction of sp³-hybridized carbons (Fsp3) is 0.182. The third-order valence-corrected chi connectivity index (χ3v) is 3.45. The number of aromatic amines is 1. The molecule has 0 spiro atoms. The van der Waals surface area contributed by atoms with Crippen LogP contribution in [0.1, 0.15) is 16.3 Å². The van der Waals surface area contributed by atoms with Crippen molar-refractivity contribution in [2.75, 3.05) is 0 Å². The number of thiophene rings is 1. The number of nitrogens with zero attached hydrogens (tertiary/aromatic N) is 3. The third kappa shape index (κ3) is 1.49. The summed E-state index contributed by atoms with van der Waals surface area (Å²) < 4.78 is 0. The molecule has 80 valence electrons. The van der Waals surface area contributed by atoms with Crippen LogP contribution in [0.3, 0.4) is 0 Å². The van der Waals surface area contributed by atoms with Crippen LogP contribution < -0.4 is 0 Å². The summed E-state index contributed by atoms with van der Waals surface area (Å²) in [6, 6.07) is 4.15. The summed E-state index contributed by atoms with van der Waals surface area (Å²) in [6.07, 6.45) is 2.57. The first-order chi connectivity index (χ1) is 7.84. The molecular weight excluding hydrogens is 220 g/mol. The molecule has 0 amide bonds. The number of rotatable bonds is 2. The molecule has 0 fully saturated rings. The van der Waals surface area contributed by atoms with E-state index in [1.165, 1.54) is 4.88 Å². The number of H-pyrrole nitrogens is 1. The normalized spacial score (nSPS) is 11.1. The van der Waals surface area contributed by atoms with Crippen LogP contribution in [0.25, 0.3) is 10.9 Å². The molecule has 3 rings (SSSR count). The van der Waals surface area contributed by atoms with Crippen LogP contribution in [0.2, 0.25) is 0 Å². The molecule has 0 bridgehead atoms. The lowest BCUT2D eigenvalue weighted by Gasteiger charge is -1.98. The van der Waals surface area contributed by atoms with Crippen molar-refractivity contribution in [1.82, 2.24) is 20.4 Å². The molecule has 3 aromatic heterocycles. The molecule has 3 heterocycles. The SMILES string of the molecule is Cc1n[nH]c2c(Cc3cccs3)nncc12. The van der Waals surface area contributed by atoms with Crippen LogP contribution in [-0.2, 0) is 6.42 Å². The minimum absolute atomic E-state index is 0.809. The molecule has 0 aromatic carbocycles. The van der Waals surface area contributed by atoms with Crippen molar-refractivity contribution in [3.63, 3.8) is 0 Å². The van der Waals surface area contributed by atoms with E-state index >= 15 is 0 Å². The van der Waals surface area contributed by atoms with Crippen molar-refractivity contribution in [2.24, 2.45) is 0 Å². The Labute approximate surface area is 96.3 Å². The Balaban J connectivity index is 2.10. The molecule has 5 heteroatoms. The van der Waals surface area contributed by atoms with Crippen molar-refractivity contribution in [2.45, 2.75) is 13.3 Å². The second kappa shape index (κ2) is 3.68. The molecule has 1 N–H and O–H groups in total. The average molecular weight is 230 g/mol. The number of hydrogen-bond donors (Lipinski definition) is 1. The van der Waals surface area contributed by atoms with Gasteiger partial charge in [-0.25, -0.2) is 0 Å². The van der Waals surface area contributed by atoms with Gasteiger partial charge < -0.3 is 0 Å². The summed E-state index contributed by atoms with van der Waals surface area (Å²) >= 11 is 1.73. The van der Waals surface area contributed by atoms with Crippen molar-refractivity contribution in [1.29, 1.82) is 0 Å². The Hall–Kier alpha value is -1.75. The fourth-order valence-electron chi connectivity index (χ4n) is 1.73. The quantitative estimate of drug-likeness (QED) is 0.735. The summed E-state index contributed by atoms with van der Waals surface area (Å²) in [5, 5.41) is 18.5. The Morgan fingerprint density at radius 2 is 2.38 bits per heavy atom.